The Morgan fingerprint density at radius 1 is 1.52 bits per heavy atom. The van der Waals surface area contributed by atoms with Crippen LogP contribution >= 0.6 is 0 Å². The molecule has 27 heavy (non-hydrogen) atoms. The predicted octanol–water partition coefficient (Wildman–Crippen LogP) is 0.708. The number of nitrogens with one attached hydrogen (secondary N) is 1. The van der Waals surface area contributed by atoms with Crippen LogP contribution in [0.5, 0.6) is 0 Å². The van der Waals surface area contributed by atoms with Crippen LogP contribution in [0.15, 0.2) is 12.7 Å². The number of anilines is 1. The molecule has 3 N–H and O–H groups in total. The Balaban J connectivity index is 1.80. The number of nitrogens with zero attached hydrogens (tertiary/aromatic N) is 5. The van der Waals surface area contributed by atoms with Crippen LogP contribution in [0.25, 0.3) is 11.2 Å². The molecule has 0 saturated carbocycles. The Bertz CT molecular complexity index is 876. The minimum absolute atomic E-state index is 0.0433. The van der Waals surface area contributed by atoms with Gasteiger partial charge < -0.3 is 19.7 Å². The molecule has 1 aliphatic heterocycles. The highest BCUT2D eigenvalue weighted by atomic mass is 16.6. The van der Waals surface area contributed by atoms with Gasteiger partial charge in [-0.3, -0.25) is 9.88 Å². The van der Waals surface area contributed by atoms with Crippen molar-refractivity contribution in [1.82, 2.24) is 19.5 Å². The molecule has 0 spiro atoms. The third-order valence-corrected chi connectivity index (χ3v) is 4.15. The Morgan fingerprint density at radius 3 is 2.96 bits per heavy atom. The molecule has 3 rings (SSSR count). The van der Waals surface area contributed by atoms with E-state index in [1.54, 1.807) is 18.4 Å². The lowest BCUT2D eigenvalue weighted by Crippen LogP contribution is -2.30. The van der Waals surface area contributed by atoms with E-state index in [0.717, 1.165) is 0 Å². The van der Waals surface area contributed by atoms with E-state index in [1.807, 2.05) is 6.07 Å². The van der Waals surface area contributed by atoms with Crippen molar-refractivity contribution in [3.63, 3.8) is 0 Å². The van der Waals surface area contributed by atoms with Gasteiger partial charge in [-0.2, -0.15) is 5.26 Å². The fourth-order valence-electron chi connectivity index (χ4n) is 2.80. The number of hydrogen-bond donors (Lipinski definition) is 3. The largest absolute Gasteiger partial charge is 0.442 e. The lowest BCUT2D eigenvalue weighted by molar-refractivity contribution is -0.0432. The van der Waals surface area contributed by atoms with Gasteiger partial charge in [-0.25, -0.2) is 19.7 Å². The number of aliphatic hydroxyl groups excluding tert-OH is 2. The number of imidazole rings is 1. The van der Waals surface area contributed by atoms with Gasteiger partial charge >= 0.3 is 6.09 Å². The molecule has 0 bridgehead atoms. The molecule has 11 heteroatoms. The molecule has 1 aliphatic rings. The van der Waals surface area contributed by atoms with Crippen LogP contribution in [0.2, 0.25) is 0 Å². The molecular weight excluding hydrogens is 356 g/mol. The van der Waals surface area contributed by atoms with Gasteiger partial charge in [0, 0.05) is 6.42 Å². The van der Waals surface area contributed by atoms with Crippen molar-refractivity contribution < 1.29 is 24.5 Å². The van der Waals surface area contributed by atoms with Crippen molar-refractivity contribution in [1.29, 1.82) is 5.26 Å². The van der Waals surface area contributed by atoms with Crippen LogP contribution in [0.4, 0.5) is 10.6 Å². The summed E-state index contributed by atoms with van der Waals surface area (Å²) < 4.78 is 12.4. The standard InChI is InChI=1S/C16H20N6O5/c1-16(2,3-4-17)27-15(25)21-13-12-14(19-7-18-13)22(8-20-12)11-5-9(24)10(6-23)26-11/h7-11,23-24H,3,5-6H2,1-2H3,(H,18,19,21,25)/t9-,10+,11+/m0/s1. The van der Waals surface area contributed by atoms with Gasteiger partial charge in [-0.15, -0.1) is 0 Å². The molecule has 1 fully saturated rings. The van der Waals surface area contributed by atoms with E-state index in [-0.39, 0.29) is 25.3 Å². The van der Waals surface area contributed by atoms with Crippen LogP contribution in [-0.2, 0) is 9.47 Å². The molecule has 144 valence electrons. The molecule has 3 heterocycles. The number of rotatable bonds is 5. The summed E-state index contributed by atoms with van der Waals surface area (Å²) >= 11 is 0. The summed E-state index contributed by atoms with van der Waals surface area (Å²) in [6.07, 6.45) is 0.246. The average Bonchev–Trinajstić information content (AvgIpc) is 3.17. The van der Waals surface area contributed by atoms with Crippen LogP contribution in [0, 0.1) is 11.3 Å². The third-order valence-electron chi connectivity index (χ3n) is 4.15. The zero-order valence-electron chi connectivity index (χ0n) is 14.9. The number of aliphatic hydroxyl groups is 2. The van der Waals surface area contributed by atoms with Crippen LogP contribution < -0.4 is 5.32 Å². The Morgan fingerprint density at radius 2 is 2.30 bits per heavy atom. The summed E-state index contributed by atoms with van der Waals surface area (Å²) in [7, 11) is 0. The van der Waals surface area contributed by atoms with Gasteiger partial charge in [-0.1, -0.05) is 0 Å². The maximum absolute atomic E-state index is 12.1. The first-order chi connectivity index (χ1) is 12.8. The fourth-order valence-corrected chi connectivity index (χ4v) is 2.80. The highest BCUT2D eigenvalue weighted by Gasteiger charge is 2.35. The first kappa shape index (κ1) is 19.0. The SMILES string of the molecule is CC(C)(CC#N)OC(=O)Nc1ncnc2c1ncn2[C@H]1C[C@H](O)[C@@H](CO)O1. The number of nitriles is 1. The summed E-state index contributed by atoms with van der Waals surface area (Å²) in [4.78, 5) is 24.5. The van der Waals surface area contributed by atoms with E-state index in [0.29, 0.717) is 11.2 Å². The summed E-state index contributed by atoms with van der Waals surface area (Å²) in [5.41, 5.74) is -0.234. The zero-order chi connectivity index (χ0) is 19.6. The first-order valence-electron chi connectivity index (χ1n) is 8.33. The van der Waals surface area contributed by atoms with Crippen molar-refractivity contribution in [2.24, 2.45) is 0 Å². The number of fused-ring (bicyclic) bond motifs is 1. The van der Waals surface area contributed by atoms with Gasteiger partial charge in [0.2, 0.25) is 0 Å². The van der Waals surface area contributed by atoms with Crippen LogP contribution in [0.3, 0.4) is 0 Å². The fraction of sp³-hybridized carbons (Fsp3) is 0.562. The molecule has 1 amide bonds. The second kappa shape index (κ2) is 7.43. The summed E-state index contributed by atoms with van der Waals surface area (Å²) in [5.74, 6) is 0.147. The van der Waals surface area contributed by atoms with Crippen molar-refractivity contribution in [2.45, 2.75) is 50.7 Å². The van der Waals surface area contributed by atoms with Crippen molar-refractivity contribution >= 4 is 23.1 Å². The Kier molecular flexibility index (Phi) is 5.22. The number of carbonyl (C=O) groups excluding carboxylic acids is 1. The minimum atomic E-state index is -0.947. The van der Waals surface area contributed by atoms with E-state index in [1.165, 1.54) is 12.7 Å². The quantitative estimate of drug-likeness (QED) is 0.684. The number of aromatic nitrogens is 4. The van der Waals surface area contributed by atoms with Crippen molar-refractivity contribution in [3.8, 4) is 6.07 Å². The van der Waals surface area contributed by atoms with Gasteiger partial charge in [0.25, 0.3) is 0 Å². The lowest BCUT2D eigenvalue weighted by Gasteiger charge is -2.21. The van der Waals surface area contributed by atoms with Gasteiger partial charge in [-0.05, 0) is 13.8 Å². The van der Waals surface area contributed by atoms with Crippen LogP contribution in [0.1, 0.15) is 32.9 Å². The third kappa shape index (κ3) is 3.97. The summed E-state index contributed by atoms with van der Waals surface area (Å²) in [6, 6.07) is 1.95. The second-order valence-corrected chi connectivity index (χ2v) is 6.77. The van der Waals surface area contributed by atoms with Crippen LogP contribution in [-0.4, -0.2) is 60.2 Å². The smallest absolute Gasteiger partial charge is 0.413 e. The van der Waals surface area contributed by atoms with Gasteiger partial charge in [0.05, 0.1) is 31.5 Å². The zero-order valence-corrected chi connectivity index (χ0v) is 14.9. The van der Waals surface area contributed by atoms with Crippen molar-refractivity contribution in [2.75, 3.05) is 11.9 Å². The summed E-state index contributed by atoms with van der Waals surface area (Å²) in [5, 5.41) is 30.4. The molecular formula is C16H20N6O5. The highest BCUT2D eigenvalue weighted by Crippen LogP contribution is 2.31. The predicted molar refractivity (Wildman–Crippen MR) is 91.4 cm³/mol. The second-order valence-electron chi connectivity index (χ2n) is 6.77. The number of carbonyl (C=O) groups is 1. The maximum atomic E-state index is 12.1. The number of ether oxygens (including phenoxy) is 2. The van der Waals surface area contributed by atoms with E-state index >= 15 is 0 Å². The first-order valence-corrected chi connectivity index (χ1v) is 8.33. The minimum Gasteiger partial charge on any atom is -0.442 e. The molecule has 2 aromatic rings. The molecule has 11 nitrogen and oxygen atoms in total. The molecule has 0 radical (unpaired) electrons. The molecule has 0 aromatic carbocycles. The molecule has 2 aromatic heterocycles. The number of amides is 1. The highest BCUT2D eigenvalue weighted by molar-refractivity contribution is 5.93. The normalized spacial score (nSPS) is 22.6. The Hall–Kier alpha value is -2.81. The van der Waals surface area contributed by atoms with E-state index in [2.05, 4.69) is 20.3 Å². The molecule has 0 unspecified atom stereocenters. The topological polar surface area (TPSA) is 155 Å². The van der Waals surface area contributed by atoms with Crippen molar-refractivity contribution in [3.05, 3.63) is 12.7 Å². The van der Waals surface area contributed by atoms with Gasteiger partial charge in [0.15, 0.2) is 17.0 Å². The average molecular weight is 376 g/mol. The molecule has 3 atom stereocenters. The number of hydrogen-bond acceptors (Lipinski definition) is 9. The Labute approximate surface area is 154 Å². The molecule has 0 aliphatic carbocycles. The van der Waals surface area contributed by atoms with E-state index in [9.17, 15) is 15.0 Å². The summed E-state index contributed by atoms with van der Waals surface area (Å²) in [6.45, 7) is 2.96. The molecule has 1 saturated heterocycles. The monoisotopic (exact) mass is 376 g/mol. The maximum Gasteiger partial charge on any atom is 0.413 e. The van der Waals surface area contributed by atoms with E-state index < -0.39 is 30.1 Å². The van der Waals surface area contributed by atoms with Gasteiger partial charge in [0.1, 0.15) is 24.3 Å². The van der Waals surface area contributed by atoms with E-state index in [4.69, 9.17) is 14.7 Å². The lowest BCUT2D eigenvalue weighted by atomic mass is 10.1.